The lowest BCUT2D eigenvalue weighted by Gasteiger charge is -2.26. The first-order valence-corrected chi connectivity index (χ1v) is 14.9. The van der Waals surface area contributed by atoms with Gasteiger partial charge in [0.15, 0.2) is 9.84 Å². The fourth-order valence-corrected chi connectivity index (χ4v) is 5.18. The SMILES string of the molecule is CC(C)(C)c1cc(-c2cc(-c3ccc(C(=O)O)cc3)nn2-c2ccc(CS(C)(=O)=O)cc2)cc(C(C)(C)C)c1. The summed E-state index contributed by atoms with van der Waals surface area (Å²) in [5.74, 6) is -1.00. The average molecular weight is 545 g/mol. The third-order valence-corrected chi connectivity index (χ3v) is 7.57. The van der Waals surface area contributed by atoms with Gasteiger partial charge in [0.05, 0.1) is 28.4 Å². The van der Waals surface area contributed by atoms with E-state index >= 15 is 0 Å². The fourth-order valence-electron chi connectivity index (χ4n) is 4.39. The van der Waals surface area contributed by atoms with E-state index in [0.29, 0.717) is 11.3 Å². The Morgan fingerprint density at radius 2 is 1.33 bits per heavy atom. The molecule has 0 atom stereocenters. The van der Waals surface area contributed by atoms with Gasteiger partial charge in [0.2, 0.25) is 0 Å². The molecule has 0 fully saturated rings. The van der Waals surface area contributed by atoms with Crippen LogP contribution < -0.4 is 0 Å². The van der Waals surface area contributed by atoms with Gasteiger partial charge in [0.1, 0.15) is 0 Å². The zero-order valence-corrected chi connectivity index (χ0v) is 24.4. The first-order chi connectivity index (χ1) is 18.0. The van der Waals surface area contributed by atoms with Crippen LogP contribution in [-0.4, -0.2) is 35.5 Å². The number of hydrogen-bond acceptors (Lipinski definition) is 4. The largest absolute Gasteiger partial charge is 0.478 e. The Kier molecular flexibility index (Phi) is 7.34. The molecule has 6 nitrogen and oxygen atoms in total. The quantitative estimate of drug-likeness (QED) is 0.281. The minimum absolute atomic E-state index is 0.0248. The molecule has 1 aromatic heterocycles. The van der Waals surface area contributed by atoms with Gasteiger partial charge in [-0.25, -0.2) is 17.9 Å². The molecule has 0 radical (unpaired) electrons. The molecule has 0 saturated carbocycles. The third-order valence-electron chi connectivity index (χ3n) is 6.71. The number of aromatic carboxylic acids is 1. The van der Waals surface area contributed by atoms with Crippen molar-refractivity contribution in [2.45, 2.75) is 58.1 Å². The molecule has 0 bridgehead atoms. The predicted octanol–water partition coefficient (Wildman–Crippen LogP) is 7.04. The lowest BCUT2D eigenvalue weighted by molar-refractivity contribution is 0.0697. The van der Waals surface area contributed by atoms with E-state index in [9.17, 15) is 18.3 Å². The Morgan fingerprint density at radius 1 is 0.795 bits per heavy atom. The van der Waals surface area contributed by atoms with Gasteiger partial charge in [-0.2, -0.15) is 5.10 Å². The van der Waals surface area contributed by atoms with Gasteiger partial charge < -0.3 is 5.11 Å². The molecule has 0 aliphatic carbocycles. The van der Waals surface area contributed by atoms with E-state index in [1.807, 2.05) is 35.0 Å². The molecular formula is C32H36N2O4S. The molecule has 0 aliphatic heterocycles. The molecule has 39 heavy (non-hydrogen) atoms. The second kappa shape index (κ2) is 10.1. The van der Waals surface area contributed by atoms with Crippen molar-refractivity contribution >= 4 is 15.8 Å². The van der Waals surface area contributed by atoms with E-state index in [1.165, 1.54) is 17.4 Å². The number of carboxylic acid groups (broad SMARTS) is 1. The highest BCUT2D eigenvalue weighted by Gasteiger charge is 2.23. The van der Waals surface area contributed by atoms with Crippen molar-refractivity contribution < 1.29 is 18.3 Å². The molecular weight excluding hydrogens is 508 g/mol. The summed E-state index contributed by atoms with van der Waals surface area (Å²) in [4.78, 5) is 11.4. The number of hydrogen-bond donors (Lipinski definition) is 1. The van der Waals surface area contributed by atoms with Crippen LogP contribution in [0.5, 0.6) is 0 Å². The average Bonchev–Trinajstić information content (AvgIpc) is 3.28. The van der Waals surface area contributed by atoms with Crippen molar-refractivity contribution in [3.05, 3.63) is 95.1 Å². The summed E-state index contributed by atoms with van der Waals surface area (Å²) in [6, 6.07) is 22.8. The summed E-state index contributed by atoms with van der Waals surface area (Å²) in [5, 5.41) is 14.3. The second-order valence-corrected chi connectivity index (χ2v) is 14.4. The van der Waals surface area contributed by atoms with Crippen LogP contribution in [0.25, 0.3) is 28.2 Å². The van der Waals surface area contributed by atoms with Gasteiger partial charge in [-0.05, 0) is 70.0 Å². The molecule has 204 valence electrons. The van der Waals surface area contributed by atoms with E-state index in [1.54, 1.807) is 24.3 Å². The summed E-state index contributed by atoms with van der Waals surface area (Å²) in [7, 11) is -3.15. The normalized spacial score (nSPS) is 12.5. The van der Waals surface area contributed by atoms with Crippen molar-refractivity contribution in [1.82, 2.24) is 9.78 Å². The van der Waals surface area contributed by atoms with Crippen LogP contribution in [0.1, 0.15) is 68.6 Å². The molecule has 4 aromatic rings. The van der Waals surface area contributed by atoms with Crippen LogP contribution in [0.4, 0.5) is 0 Å². The van der Waals surface area contributed by atoms with Crippen LogP contribution >= 0.6 is 0 Å². The summed E-state index contributed by atoms with van der Waals surface area (Å²) >= 11 is 0. The third kappa shape index (κ3) is 6.66. The maximum absolute atomic E-state index is 11.8. The molecule has 3 aromatic carbocycles. The molecule has 1 heterocycles. The number of rotatable bonds is 6. The molecule has 4 rings (SSSR count). The van der Waals surface area contributed by atoms with Gasteiger partial charge in [0, 0.05) is 17.4 Å². The molecule has 0 unspecified atom stereocenters. The topological polar surface area (TPSA) is 89.3 Å². The number of sulfone groups is 1. The predicted molar refractivity (Wildman–Crippen MR) is 157 cm³/mol. The molecule has 0 amide bonds. The van der Waals surface area contributed by atoms with E-state index in [2.05, 4.69) is 59.7 Å². The number of aromatic nitrogens is 2. The summed E-state index contributed by atoms with van der Waals surface area (Å²) < 4.78 is 25.5. The van der Waals surface area contributed by atoms with Crippen LogP contribution in [-0.2, 0) is 26.4 Å². The van der Waals surface area contributed by atoms with Crippen molar-refractivity contribution in [2.75, 3.05) is 6.26 Å². The summed E-state index contributed by atoms with van der Waals surface area (Å²) in [6.07, 6.45) is 1.23. The second-order valence-electron chi connectivity index (χ2n) is 12.2. The van der Waals surface area contributed by atoms with Gasteiger partial charge in [-0.15, -0.1) is 0 Å². The Bertz CT molecular complexity index is 1590. The van der Waals surface area contributed by atoms with Crippen molar-refractivity contribution in [3.8, 4) is 28.2 Å². The zero-order valence-electron chi connectivity index (χ0n) is 23.6. The number of benzene rings is 3. The Balaban J connectivity index is 1.93. The highest BCUT2D eigenvalue weighted by atomic mass is 32.2. The first-order valence-electron chi connectivity index (χ1n) is 12.9. The Hall–Kier alpha value is -3.71. The smallest absolute Gasteiger partial charge is 0.335 e. The van der Waals surface area contributed by atoms with Crippen LogP contribution in [0.2, 0.25) is 0 Å². The van der Waals surface area contributed by atoms with E-state index in [4.69, 9.17) is 5.10 Å². The summed E-state index contributed by atoms with van der Waals surface area (Å²) in [5.41, 5.74) is 7.45. The summed E-state index contributed by atoms with van der Waals surface area (Å²) in [6.45, 7) is 13.2. The minimum Gasteiger partial charge on any atom is -0.478 e. The number of nitrogens with zero attached hydrogens (tertiary/aromatic N) is 2. The lowest BCUT2D eigenvalue weighted by Crippen LogP contribution is -2.16. The van der Waals surface area contributed by atoms with Crippen LogP contribution in [0.3, 0.4) is 0 Å². The van der Waals surface area contributed by atoms with E-state index in [-0.39, 0.29) is 22.1 Å². The fraction of sp³-hybridized carbons (Fsp3) is 0.312. The van der Waals surface area contributed by atoms with Crippen molar-refractivity contribution in [1.29, 1.82) is 0 Å². The number of carboxylic acids is 1. The molecule has 7 heteroatoms. The van der Waals surface area contributed by atoms with Crippen LogP contribution in [0.15, 0.2) is 72.8 Å². The minimum atomic E-state index is -3.15. The monoisotopic (exact) mass is 544 g/mol. The van der Waals surface area contributed by atoms with Gasteiger partial charge in [-0.3, -0.25) is 0 Å². The molecule has 1 N–H and O–H groups in total. The molecule has 0 spiro atoms. The van der Waals surface area contributed by atoms with E-state index < -0.39 is 15.8 Å². The van der Waals surface area contributed by atoms with Gasteiger partial charge in [0.25, 0.3) is 0 Å². The highest BCUT2D eigenvalue weighted by molar-refractivity contribution is 7.89. The lowest BCUT2D eigenvalue weighted by atomic mass is 9.79. The van der Waals surface area contributed by atoms with Crippen molar-refractivity contribution in [2.24, 2.45) is 0 Å². The van der Waals surface area contributed by atoms with Gasteiger partial charge in [-0.1, -0.05) is 71.9 Å². The van der Waals surface area contributed by atoms with E-state index in [0.717, 1.165) is 22.5 Å². The zero-order chi connectivity index (χ0) is 28.8. The maximum atomic E-state index is 11.8. The Labute approximate surface area is 231 Å². The Morgan fingerprint density at radius 3 is 1.79 bits per heavy atom. The standard InChI is InChI=1S/C32H36N2O4S/c1-31(2,3)25-16-24(17-26(18-25)32(4,5)6)29-19-28(22-10-12-23(13-11-22)30(35)36)33-34(29)27-14-8-21(9-15-27)20-39(7,37)38/h8-19H,20H2,1-7H3,(H,35,36). The highest BCUT2D eigenvalue weighted by Crippen LogP contribution is 2.36. The maximum Gasteiger partial charge on any atom is 0.335 e. The molecule has 0 saturated heterocycles. The van der Waals surface area contributed by atoms with Crippen molar-refractivity contribution in [3.63, 3.8) is 0 Å². The first kappa shape index (κ1) is 28.3. The van der Waals surface area contributed by atoms with Crippen LogP contribution in [0, 0.1) is 0 Å². The number of carbonyl (C=O) groups is 1. The van der Waals surface area contributed by atoms with Gasteiger partial charge >= 0.3 is 5.97 Å². The molecule has 0 aliphatic rings.